The Bertz CT molecular complexity index is 827. The van der Waals surface area contributed by atoms with Crippen LogP contribution in [0.4, 0.5) is 0 Å². The fraction of sp³-hybridized carbons (Fsp3) is 0.724. The third kappa shape index (κ3) is 3.60. The normalized spacial score (nSPS) is 38.7. The molecule has 1 aromatic carbocycles. The van der Waals surface area contributed by atoms with Crippen LogP contribution in [0.1, 0.15) is 77.7 Å². The third-order valence-corrected chi connectivity index (χ3v) is 10.1. The number of rotatable bonds is 7. The van der Waals surface area contributed by atoms with Gasteiger partial charge in [-0.15, -0.1) is 0 Å². The summed E-state index contributed by atoms with van der Waals surface area (Å²) in [6.45, 7) is 9.39. The Hall–Kier alpha value is -1.16. The number of piperidine rings is 1. The van der Waals surface area contributed by atoms with Gasteiger partial charge in [0, 0.05) is 18.6 Å². The molecule has 2 saturated carbocycles. The maximum Gasteiger partial charge on any atom is 0.0716 e. The molecule has 1 aromatic rings. The molecule has 2 N–H and O–H groups in total. The van der Waals surface area contributed by atoms with E-state index in [0.29, 0.717) is 29.9 Å². The highest BCUT2D eigenvalue weighted by atomic mass is 16.5. The van der Waals surface area contributed by atoms with Crippen molar-refractivity contribution in [3.05, 3.63) is 47.5 Å². The van der Waals surface area contributed by atoms with Gasteiger partial charge in [0.15, 0.2) is 0 Å². The van der Waals surface area contributed by atoms with Gasteiger partial charge in [-0.25, -0.2) is 0 Å². The molecular formula is C29H43NO2. The second kappa shape index (κ2) is 8.56. The summed E-state index contributed by atoms with van der Waals surface area (Å²) in [6, 6.07) is 10.9. The number of ether oxygens (including phenoxy) is 1. The van der Waals surface area contributed by atoms with E-state index in [9.17, 15) is 5.11 Å². The highest BCUT2D eigenvalue weighted by Crippen LogP contribution is 2.69. The molecule has 1 saturated heterocycles. The number of hydrogen-bond acceptors (Lipinski definition) is 3. The summed E-state index contributed by atoms with van der Waals surface area (Å²) in [5, 5.41) is 15.3. The van der Waals surface area contributed by atoms with Crippen molar-refractivity contribution in [3.63, 3.8) is 0 Å². The van der Waals surface area contributed by atoms with Crippen molar-refractivity contribution < 1.29 is 9.84 Å². The summed E-state index contributed by atoms with van der Waals surface area (Å²) in [5.74, 6) is 1.74. The summed E-state index contributed by atoms with van der Waals surface area (Å²) >= 11 is 0. The third-order valence-electron chi connectivity index (χ3n) is 10.1. The minimum atomic E-state index is -0.641. The van der Waals surface area contributed by atoms with Crippen molar-refractivity contribution >= 4 is 0 Å². The highest BCUT2D eigenvalue weighted by molar-refractivity contribution is 5.28. The van der Waals surface area contributed by atoms with Gasteiger partial charge in [-0.05, 0) is 100.0 Å². The smallest absolute Gasteiger partial charge is 0.0716 e. The van der Waals surface area contributed by atoms with Crippen LogP contribution in [0.3, 0.4) is 0 Å². The van der Waals surface area contributed by atoms with Crippen LogP contribution >= 0.6 is 0 Å². The Kier molecular flexibility index (Phi) is 6.05. The molecule has 5 rings (SSSR count). The van der Waals surface area contributed by atoms with E-state index in [0.717, 1.165) is 31.9 Å². The Labute approximate surface area is 195 Å². The molecule has 3 nitrogen and oxygen atoms in total. The Balaban J connectivity index is 1.42. The SMILES string of the molecule is CC(C)(O)[C@H]1CC[C@@]2(C)[C@@H]3CCC4=CCC[C@H]4[C@@]2(CCCOCc2ccccc2)[C@@H]1NC3. The second-order valence-electron chi connectivity index (χ2n) is 11.9. The average molecular weight is 438 g/mol. The van der Waals surface area contributed by atoms with E-state index < -0.39 is 5.60 Å². The predicted octanol–water partition coefficient (Wildman–Crippen LogP) is 5.88. The lowest BCUT2D eigenvalue weighted by atomic mass is 9.40. The zero-order valence-electron chi connectivity index (χ0n) is 20.4. The molecule has 3 heteroatoms. The van der Waals surface area contributed by atoms with E-state index in [4.69, 9.17) is 4.74 Å². The van der Waals surface area contributed by atoms with Gasteiger partial charge in [0.2, 0.25) is 0 Å². The lowest BCUT2D eigenvalue weighted by Crippen LogP contribution is -2.72. The number of nitrogens with one attached hydrogen (secondary N) is 1. The standard InChI is InChI=1S/C29H43NO2/c1-27(2,31)25-15-17-28(3)23-14-13-22-11-7-12-24(22)29(28,26(25)30-19-23)16-8-18-32-20-21-9-5-4-6-10-21/h4-6,9-11,23-26,30-31H,7-8,12-20H2,1-3H3/t23-,24-,25+,26-,28+,29+/m1/s1. The van der Waals surface area contributed by atoms with Crippen LogP contribution in [0.25, 0.3) is 0 Å². The molecule has 6 atom stereocenters. The van der Waals surface area contributed by atoms with E-state index in [-0.39, 0.29) is 5.41 Å². The fourth-order valence-corrected chi connectivity index (χ4v) is 8.58. The Morgan fingerprint density at radius 1 is 1.16 bits per heavy atom. The van der Waals surface area contributed by atoms with Gasteiger partial charge in [-0.3, -0.25) is 0 Å². The topological polar surface area (TPSA) is 41.5 Å². The molecule has 32 heavy (non-hydrogen) atoms. The number of allylic oxidation sites excluding steroid dienone is 2. The maximum atomic E-state index is 11.2. The largest absolute Gasteiger partial charge is 0.390 e. The molecule has 0 radical (unpaired) electrons. The highest BCUT2D eigenvalue weighted by Gasteiger charge is 2.67. The molecule has 3 aliphatic carbocycles. The van der Waals surface area contributed by atoms with Crippen LogP contribution < -0.4 is 5.32 Å². The fourth-order valence-electron chi connectivity index (χ4n) is 8.58. The van der Waals surface area contributed by atoms with Gasteiger partial charge in [-0.1, -0.05) is 48.9 Å². The van der Waals surface area contributed by atoms with E-state index in [1.807, 2.05) is 13.8 Å². The minimum absolute atomic E-state index is 0.230. The van der Waals surface area contributed by atoms with Gasteiger partial charge in [0.25, 0.3) is 0 Å². The molecule has 0 aromatic heterocycles. The predicted molar refractivity (Wildman–Crippen MR) is 130 cm³/mol. The zero-order chi connectivity index (χ0) is 22.4. The molecule has 1 aliphatic heterocycles. The monoisotopic (exact) mass is 437 g/mol. The minimum Gasteiger partial charge on any atom is -0.390 e. The second-order valence-corrected chi connectivity index (χ2v) is 11.9. The van der Waals surface area contributed by atoms with Gasteiger partial charge in [0.05, 0.1) is 12.2 Å². The first-order chi connectivity index (χ1) is 15.4. The number of benzene rings is 1. The molecule has 0 amide bonds. The first-order valence-electron chi connectivity index (χ1n) is 13.1. The van der Waals surface area contributed by atoms with E-state index in [1.54, 1.807) is 5.57 Å². The quantitative estimate of drug-likeness (QED) is 0.414. The van der Waals surface area contributed by atoms with Crippen LogP contribution in [0, 0.1) is 28.6 Å². The summed E-state index contributed by atoms with van der Waals surface area (Å²) in [6.07, 6.45) is 12.5. The lowest BCUT2D eigenvalue weighted by Gasteiger charge is -2.68. The summed E-state index contributed by atoms with van der Waals surface area (Å²) in [7, 11) is 0. The van der Waals surface area contributed by atoms with Crippen LogP contribution in [0.15, 0.2) is 42.0 Å². The average Bonchev–Trinajstić information content (AvgIpc) is 3.21. The van der Waals surface area contributed by atoms with Gasteiger partial charge in [-0.2, -0.15) is 0 Å². The molecule has 3 fully saturated rings. The van der Waals surface area contributed by atoms with Crippen LogP contribution in [-0.2, 0) is 11.3 Å². The Morgan fingerprint density at radius 3 is 2.75 bits per heavy atom. The first kappa shape index (κ1) is 22.6. The molecule has 0 unspecified atom stereocenters. The Morgan fingerprint density at radius 2 is 1.97 bits per heavy atom. The molecule has 1 heterocycles. The van der Waals surface area contributed by atoms with Crippen LogP contribution in [-0.4, -0.2) is 29.9 Å². The van der Waals surface area contributed by atoms with Gasteiger partial charge < -0.3 is 15.2 Å². The molecule has 4 aliphatic rings. The van der Waals surface area contributed by atoms with Crippen molar-refractivity contribution in [2.45, 2.75) is 90.4 Å². The van der Waals surface area contributed by atoms with Crippen molar-refractivity contribution in [3.8, 4) is 0 Å². The molecule has 4 bridgehead atoms. The van der Waals surface area contributed by atoms with Crippen molar-refractivity contribution in [2.24, 2.45) is 28.6 Å². The summed E-state index contributed by atoms with van der Waals surface area (Å²) in [4.78, 5) is 0. The summed E-state index contributed by atoms with van der Waals surface area (Å²) < 4.78 is 6.15. The van der Waals surface area contributed by atoms with Crippen molar-refractivity contribution in [1.29, 1.82) is 0 Å². The zero-order valence-corrected chi connectivity index (χ0v) is 20.4. The molecule has 0 spiro atoms. The van der Waals surface area contributed by atoms with Crippen molar-refractivity contribution in [1.82, 2.24) is 5.32 Å². The van der Waals surface area contributed by atoms with Gasteiger partial charge >= 0.3 is 0 Å². The van der Waals surface area contributed by atoms with Gasteiger partial charge in [0.1, 0.15) is 0 Å². The summed E-state index contributed by atoms with van der Waals surface area (Å²) in [5.41, 5.74) is 2.94. The lowest BCUT2D eigenvalue weighted by molar-refractivity contribution is -0.183. The van der Waals surface area contributed by atoms with Crippen molar-refractivity contribution in [2.75, 3.05) is 13.2 Å². The van der Waals surface area contributed by atoms with E-state index in [2.05, 4.69) is 48.6 Å². The van der Waals surface area contributed by atoms with E-state index >= 15 is 0 Å². The molecule has 176 valence electrons. The van der Waals surface area contributed by atoms with E-state index in [1.165, 1.54) is 44.1 Å². The number of fused-ring (bicyclic) bond motifs is 1. The van der Waals surface area contributed by atoms with Crippen LogP contribution in [0.5, 0.6) is 0 Å². The van der Waals surface area contributed by atoms with Crippen LogP contribution in [0.2, 0.25) is 0 Å². The maximum absolute atomic E-state index is 11.2. The number of hydrogen-bond donors (Lipinski definition) is 2. The molecular weight excluding hydrogens is 394 g/mol. The number of aliphatic hydroxyl groups is 1. The first-order valence-corrected chi connectivity index (χ1v) is 13.1.